The van der Waals surface area contributed by atoms with E-state index < -0.39 is 35.9 Å². The van der Waals surface area contributed by atoms with Crippen molar-refractivity contribution in [2.24, 2.45) is 0 Å². The summed E-state index contributed by atoms with van der Waals surface area (Å²) in [4.78, 5) is 18.5. The van der Waals surface area contributed by atoms with E-state index >= 15 is 0 Å². The van der Waals surface area contributed by atoms with E-state index in [0.29, 0.717) is 22.4 Å². The van der Waals surface area contributed by atoms with Crippen molar-refractivity contribution in [1.82, 2.24) is 24.5 Å². The van der Waals surface area contributed by atoms with Gasteiger partial charge in [0.25, 0.3) is 5.92 Å². The maximum Gasteiger partial charge on any atom is 0.408 e. The van der Waals surface area contributed by atoms with Gasteiger partial charge in [0.15, 0.2) is 5.65 Å². The van der Waals surface area contributed by atoms with Crippen LogP contribution in [0.4, 0.5) is 19.5 Å². The number of carboxylic acid groups (broad SMARTS) is 1. The molecule has 204 valence electrons. The molecule has 10 heteroatoms. The highest BCUT2D eigenvalue weighted by atomic mass is 19.3. The van der Waals surface area contributed by atoms with Crippen molar-refractivity contribution in [2.75, 3.05) is 5.73 Å². The average molecular weight is 543 g/mol. The molecule has 1 aliphatic rings. The predicted molar refractivity (Wildman–Crippen MR) is 149 cm³/mol. The Hall–Kier alpha value is -4.60. The Kier molecular flexibility index (Phi) is 5.58. The topological polar surface area (TPSA) is 110 Å². The summed E-state index contributed by atoms with van der Waals surface area (Å²) < 4.78 is 30.4. The van der Waals surface area contributed by atoms with Gasteiger partial charge in [-0.1, -0.05) is 54.6 Å². The second-order valence-electron chi connectivity index (χ2n) is 11.4. The lowest BCUT2D eigenvalue weighted by Gasteiger charge is -2.57. The van der Waals surface area contributed by atoms with Crippen molar-refractivity contribution in [2.45, 2.75) is 50.6 Å². The van der Waals surface area contributed by atoms with E-state index in [1.165, 1.54) is 4.90 Å². The third-order valence-electron chi connectivity index (χ3n) is 7.57. The number of nitrogens with zero attached hydrogens (tertiary/aromatic N) is 5. The zero-order valence-corrected chi connectivity index (χ0v) is 22.3. The van der Waals surface area contributed by atoms with E-state index in [-0.39, 0.29) is 5.95 Å². The van der Waals surface area contributed by atoms with E-state index in [2.05, 4.69) is 10.2 Å². The number of rotatable bonds is 4. The zero-order valence-electron chi connectivity index (χ0n) is 22.3. The number of aromatic nitrogens is 4. The Morgan fingerprint density at radius 2 is 1.68 bits per heavy atom. The van der Waals surface area contributed by atoms with Crippen molar-refractivity contribution in [1.29, 1.82) is 0 Å². The number of nitrogen functional groups attached to an aromatic ring is 1. The van der Waals surface area contributed by atoms with E-state index in [0.717, 1.165) is 22.1 Å². The molecular formula is C30H28F2N6O2. The van der Waals surface area contributed by atoms with Crippen LogP contribution >= 0.6 is 0 Å². The molecule has 2 aromatic carbocycles. The molecule has 3 heterocycles. The molecule has 0 atom stereocenters. The summed E-state index contributed by atoms with van der Waals surface area (Å²) in [5.41, 5.74) is 8.82. The molecule has 1 amide bonds. The second-order valence-corrected chi connectivity index (χ2v) is 11.4. The first-order valence-corrected chi connectivity index (χ1v) is 12.9. The fraction of sp³-hybridized carbons (Fsp3) is 0.267. The van der Waals surface area contributed by atoms with Crippen LogP contribution in [0.15, 0.2) is 72.9 Å². The molecule has 40 heavy (non-hydrogen) atoms. The van der Waals surface area contributed by atoms with Gasteiger partial charge in [-0.05, 0) is 44.0 Å². The molecule has 0 aliphatic heterocycles. The number of halogens is 2. The Morgan fingerprint density at radius 1 is 1.00 bits per heavy atom. The highest BCUT2D eigenvalue weighted by Gasteiger charge is 2.63. The molecule has 0 radical (unpaired) electrons. The number of nitrogens with two attached hydrogens (primary N) is 1. The van der Waals surface area contributed by atoms with Crippen molar-refractivity contribution < 1.29 is 18.7 Å². The molecular weight excluding hydrogens is 514 g/mol. The van der Waals surface area contributed by atoms with E-state index in [4.69, 9.17) is 10.7 Å². The molecule has 6 rings (SSSR count). The molecule has 1 saturated carbocycles. The SMILES string of the molecule is CC(C)(C)N(C(=O)O)C1(c2ccc(-c3nc4ccn5c(N)nnc5c4cc3-c3ccccc3)cc2)CC(F)(F)C1. The molecule has 5 aromatic rings. The Labute approximate surface area is 229 Å². The van der Waals surface area contributed by atoms with Crippen molar-refractivity contribution in [3.05, 3.63) is 78.5 Å². The van der Waals surface area contributed by atoms with Gasteiger partial charge in [0.1, 0.15) is 0 Å². The molecule has 0 saturated heterocycles. The van der Waals surface area contributed by atoms with Gasteiger partial charge >= 0.3 is 6.09 Å². The Bertz CT molecular complexity index is 1750. The zero-order chi connectivity index (χ0) is 28.4. The minimum absolute atomic E-state index is 0.277. The summed E-state index contributed by atoms with van der Waals surface area (Å²) in [7, 11) is 0. The molecule has 1 aliphatic carbocycles. The van der Waals surface area contributed by atoms with Gasteiger partial charge in [-0.15, -0.1) is 10.2 Å². The number of hydrogen-bond acceptors (Lipinski definition) is 5. The fourth-order valence-corrected chi connectivity index (χ4v) is 6.02. The van der Waals surface area contributed by atoms with Gasteiger partial charge in [-0.25, -0.2) is 18.6 Å². The van der Waals surface area contributed by atoms with Crippen molar-refractivity contribution in [3.63, 3.8) is 0 Å². The number of amides is 1. The van der Waals surface area contributed by atoms with Gasteiger partial charge in [0.05, 0.1) is 16.7 Å². The van der Waals surface area contributed by atoms with Gasteiger partial charge in [0.2, 0.25) is 5.95 Å². The number of pyridine rings is 2. The molecule has 0 bridgehead atoms. The minimum Gasteiger partial charge on any atom is -0.465 e. The third kappa shape index (κ3) is 4.02. The monoisotopic (exact) mass is 542 g/mol. The predicted octanol–water partition coefficient (Wildman–Crippen LogP) is 6.60. The lowest BCUT2D eigenvalue weighted by molar-refractivity contribution is -0.187. The normalized spacial score (nSPS) is 16.1. The first-order chi connectivity index (χ1) is 18.9. The van der Waals surface area contributed by atoms with E-state index in [1.54, 1.807) is 43.5 Å². The number of carbonyl (C=O) groups is 1. The average Bonchev–Trinajstić information content (AvgIpc) is 3.27. The first kappa shape index (κ1) is 25.7. The standard InChI is InChI=1S/C30H28F2N6O2/c1-28(2,3)38(27(39)40)29(16-30(31,32)17-29)20-11-9-19(10-12-20)24-21(18-7-5-4-6-8-18)15-22-23(34-24)13-14-37-25(22)35-36-26(37)33/h4-15H,16-17H2,1-3H3,(H2,33,36)(H,39,40). The third-order valence-corrected chi connectivity index (χ3v) is 7.57. The summed E-state index contributed by atoms with van der Waals surface area (Å²) in [5.74, 6) is -2.66. The number of anilines is 1. The smallest absolute Gasteiger partial charge is 0.408 e. The largest absolute Gasteiger partial charge is 0.465 e. The van der Waals surface area contributed by atoms with Crippen LogP contribution in [-0.2, 0) is 5.54 Å². The Balaban J connectivity index is 1.51. The van der Waals surface area contributed by atoms with Crippen molar-refractivity contribution >= 4 is 28.6 Å². The summed E-state index contributed by atoms with van der Waals surface area (Å²) in [6.07, 6.45) is -0.592. The van der Waals surface area contributed by atoms with E-state index in [1.807, 2.05) is 54.6 Å². The van der Waals surface area contributed by atoms with Crippen LogP contribution in [0.2, 0.25) is 0 Å². The molecule has 0 unspecified atom stereocenters. The molecule has 3 N–H and O–H groups in total. The van der Waals surface area contributed by atoms with Gasteiger partial charge < -0.3 is 10.8 Å². The van der Waals surface area contributed by atoms with Crippen LogP contribution in [0.5, 0.6) is 0 Å². The van der Waals surface area contributed by atoms with Crippen LogP contribution in [0.1, 0.15) is 39.2 Å². The summed E-state index contributed by atoms with van der Waals surface area (Å²) in [5, 5.41) is 19.1. The molecule has 0 spiro atoms. The second kappa shape index (κ2) is 8.70. The number of benzene rings is 2. The number of hydrogen-bond donors (Lipinski definition) is 2. The van der Waals surface area contributed by atoms with E-state index in [9.17, 15) is 18.7 Å². The maximum absolute atomic E-state index is 14.3. The van der Waals surface area contributed by atoms with Gasteiger partial charge in [-0.2, -0.15) is 0 Å². The van der Waals surface area contributed by atoms with Crippen LogP contribution in [0.3, 0.4) is 0 Å². The van der Waals surface area contributed by atoms with Crippen molar-refractivity contribution in [3.8, 4) is 22.4 Å². The molecule has 8 nitrogen and oxygen atoms in total. The lowest BCUT2D eigenvalue weighted by Crippen LogP contribution is -2.66. The lowest BCUT2D eigenvalue weighted by atomic mass is 9.66. The molecule has 1 fully saturated rings. The fourth-order valence-electron chi connectivity index (χ4n) is 6.02. The number of alkyl halides is 2. The maximum atomic E-state index is 14.3. The van der Waals surface area contributed by atoms with Crippen LogP contribution in [0.25, 0.3) is 38.9 Å². The highest BCUT2D eigenvalue weighted by Crippen LogP contribution is 2.57. The first-order valence-electron chi connectivity index (χ1n) is 12.9. The minimum atomic E-state index is -2.94. The Morgan fingerprint density at radius 3 is 2.27 bits per heavy atom. The van der Waals surface area contributed by atoms with Crippen LogP contribution in [0, 0.1) is 0 Å². The summed E-state index contributed by atoms with van der Waals surface area (Å²) >= 11 is 0. The van der Waals surface area contributed by atoms with Gasteiger partial charge in [-0.3, -0.25) is 9.30 Å². The molecule has 3 aromatic heterocycles. The van der Waals surface area contributed by atoms with Crippen LogP contribution in [-0.4, -0.2) is 47.1 Å². The summed E-state index contributed by atoms with van der Waals surface area (Å²) in [6.45, 7) is 5.16. The van der Waals surface area contributed by atoms with Crippen LogP contribution < -0.4 is 5.73 Å². The highest BCUT2D eigenvalue weighted by molar-refractivity contribution is 5.98. The summed E-state index contributed by atoms with van der Waals surface area (Å²) in [6, 6.07) is 20.8. The quantitative estimate of drug-likeness (QED) is 0.265. The number of fused-ring (bicyclic) bond motifs is 3. The van der Waals surface area contributed by atoms with Gasteiger partial charge in [0, 0.05) is 41.1 Å².